The molecule has 1 nitrogen and oxygen atoms in total. The quantitative estimate of drug-likeness (QED) is 0.538. The van der Waals surface area contributed by atoms with E-state index in [2.05, 4.69) is 27.6 Å². The van der Waals surface area contributed by atoms with Gasteiger partial charge in [-0.15, -0.1) is 0 Å². The average molecular weight is 237 g/mol. The predicted octanol–water partition coefficient (Wildman–Crippen LogP) is 2.16. The van der Waals surface area contributed by atoms with Crippen LogP contribution in [0, 0.1) is 5.82 Å². The highest BCUT2D eigenvalue weighted by atomic mass is 127. The van der Waals surface area contributed by atoms with E-state index in [0.29, 0.717) is 0 Å². The summed E-state index contributed by atoms with van der Waals surface area (Å²) < 4.78 is 13.1. The van der Waals surface area contributed by atoms with Crippen LogP contribution in [0.15, 0.2) is 18.3 Å². The molecule has 0 aliphatic carbocycles. The molecule has 0 aromatic carbocycles. The van der Waals surface area contributed by atoms with Crippen LogP contribution in [-0.2, 0) is 4.43 Å². The van der Waals surface area contributed by atoms with Gasteiger partial charge in [-0.25, -0.2) is 4.39 Å². The monoisotopic (exact) mass is 237 g/mol. The minimum absolute atomic E-state index is 0.211. The summed E-state index contributed by atoms with van der Waals surface area (Å²) in [5.41, 5.74) is 0.788. The van der Waals surface area contributed by atoms with Gasteiger partial charge in [0.2, 0.25) is 0 Å². The number of hydrogen-bond acceptors (Lipinski definition) is 1. The Balaban J connectivity index is 2.94. The molecule has 0 unspecified atom stereocenters. The molecule has 0 N–H and O–H groups in total. The molecule has 1 heterocycles. The first kappa shape index (κ1) is 6.92. The molecular formula is C6H5FIN. The SMILES string of the molecule is Fc1ccnc(CI)c1. The fourth-order valence-electron chi connectivity index (χ4n) is 0.522. The molecule has 0 saturated heterocycles. The Labute approximate surface area is 66.4 Å². The Morgan fingerprint density at radius 2 is 2.44 bits per heavy atom. The molecule has 0 saturated carbocycles. The Kier molecular flexibility index (Phi) is 2.38. The third-order valence-electron chi connectivity index (χ3n) is 0.916. The number of pyridine rings is 1. The Bertz CT molecular complexity index is 202. The minimum atomic E-state index is -0.211. The molecule has 1 rings (SSSR count). The van der Waals surface area contributed by atoms with Gasteiger partial charge in [0.1, 0.15) is 5.82 Å². The van der Waals surface area contributed by atoms with E-state index in [-0.39, 0.29) is 5.82 Å². The highest BCUT2D eigenvalue weighted by Crippen LogP contribution is 2.03. The van der Waals surface area contributed by atoms with Gasteiger partial charge < -0.3 is 0 Å². The molecule has 0 spiro atoms. The van der Waals surface area contributed by atoms with E-state index >= 15 is 0 Å². The lowest BCUT2D eigenvalue weighted by Gasteiger charge is -1.90. The van der Waals surface area contributed by atoms with Gasteiger partial charge in [0.25, 0.3) is 0 Å². The number of nitrogens with zero attached hydrogens (tertiary/aromatic N) is 1. The summed E-state index contributed by atoms with van der Waals surface area (Å²) in [4.78, 5) is 3.91. The lowest BCUT2D eigenvalue weighted by molar-refractivity contribution is 0.623. The highest BCUT2D eigenvalue weighted by molar-refractivity contribution is 14.1. The smallest absolute Gasteiger partial charge is 0.126 e. The fourth-order valence-corrected chi connectivity index (χ4v) is 0.939. The van der Waals surface area contributed by atoms with Crippen LogP contribution in [0.5, 0.6) is 0 Å². The number of hydrogen-bond donors (Lipinski definition) is 0. The number of rotatable bonds is 1. The maximum Gasteiger partial charge on any atom is 0.126 e. The van der Waals surface area contributed by atoms with Crippen molar-refractivity contribution in [1.29, 1.82) is 0 Å². The first-order valence-electron chi connectivity index (χ1n) is 2.49. The van der Waals surface area contributed by atoms with Crippen LogP contribution in [0.25, 0.3) is 0 Å². The first-order chi connectivity index (χ1) is 4.33. The van der Waals surface area contributed by atoms with E-state index in [1.54, 1.807) is 0 Å². The van der Waals surface area contributed by atoms with Gasteiger partial charge >= 0.3 is 0 Å². The Morgan fingerprint density at radius 1 is 1.67 bits per heavy atom. The lowest BCUT2D eigenvalue weighted by atomic mass is 10.4. The number of halogens is 2. The first-order valence-corrected chi connectivity index (χ1v) is 4.02. The molecule has 0 aliphatic rings. The number of aromatic nitrogens is 1. The molecule has 48 valence electrons. The van der Waals surface area contributed by atoms with E-state index in [0.717, 1.165) is 10.1 Å². The Hall–Kier alpha value is -0.190. The van der Waals surface area contributed by atoms with Gasteiger partial charge in [0, 0.05) is 10.6 Å². The zero-order chi connectivity index (χ0) is 6.69. The molecule has 0 radical (unpaired) electrons. The molecule has 0 aliphatic heterocycles. The second-order valence-corrected chi connectivity index (χ2v) is 2.36. The maximum atomic E-state index is 12.3. The summed E-state index contributed by atoms with van der Waals surface area (Å²) in [6.45, 7) is 0. The zero-order valence-corrected chi connectivity index (χ0v) is 6.80. The molecule has 0 amide bonds. The van der Waals surface area contributed by atoms with E-state index in [4.69, 9.17) is 0 Å². The minimum Gasteiger partial charge on any atom is -0.260 e. The molecule has 3 heteroatoms. The average Bonchev–Trinajstić information content (AvgIpc) is 1.88. The van der Waals surface area contributed by atoms with Gasteiger partial charge in [-0.3, -0.25) is 4.98 Å². The standard InChI is InChI=1S/C6H5FIN/c7-5-1-2-9-6(3-5)4-8/h1-3H,4H2. The summed E-state index contributed by atoms with van der Waals surface area (Å²) in [7, 11) is 0. The third kappa shape index (κ3) is 1.89. The van der Waals surface area contributed by atoms with E-state index in [1.165, 1.54) is 18.3 Å². The Morgan fingerprint density at radius 3 is 2.89 bits per heavy atom. The molecule has 1 aromatic heterocycles. The third-order valence-corrected chi connectivity index (χ3v) is 1.70. The van der Waals surface area contributed by atoms with Crippen molar-refractivity contribution in [3.05, 3.63) is 29.8 Å². The summed E-state index contributed by atoms with van der Waals surface area (Å²) in [6.07, 6.45) is 1.48. The van der Waals surface area contributed by atoms with Crippen molar-refractivity contribution in [2.24, 2.45) is 0 Å². The predicted molar refractivity (Wildman–Crippen MR) is 41.9 cm³/mol. The van der Waals surface area contributed by atoms with Crippen molar-refractivity contribution in [1.82, 2.24) is 4.98 Å². The van der Waals surface area contributed by atoms with Crippen molar-refractivity contribution in [3.63, 3.8) is 0 Å². The zero-order valence-electron chi connectivity index (χ0n) is 4.64. The van der Waals surface area contributed by atoms with Crippen molar-refractivity contribution in [3.8, 4) is 0 Å². The van der Waals surface area contributed by atoms with Crippen molar-refractivity contribution in [2.45, 2.75) is 4.43 Å². The molecular weight excluding hydrogens is 232 g/mol. The van der Waals surface area contributed by atoms with Crippen LogP contribution in [0.4, 0.5) is 4.39 Å². The van der Waals surface area contributed by atoms with Crippen molar-refractivity contribution < 1.29 is 4.39 Å². The van der Waals surface area contributed by atoms with Crippen LogP contribution < -0.4 is 0 Å². The highest BCUT2D eigenvalue weighted by Gasteiger charge is 1.91. The molecule has 9 heavy (non-hydrogen) atoms. The van der Waals surface area contributed by atoms with Gasteiger partial charge in [-0.2, -0.15) is 0 Å². The van der Waals surface area contributed by atoms with Crippen LogP contribution in [-0.4, -0.2) is 4.98 Å². The van der Waals surface area contributed by atoms with Crippen LogP contribution >= 0.6 is 22.6 Å². The van der Waals surface area contributed by atoms with Crippen LogP contribution in [0.2, 0.25) is 0 Å². The maximum absolute atomic E-state index is 12.3. The molecule has 1 aromatic rings. The van der Waals surface area contributed by atoms with E-state index in [1.807, 2.05) is 0 Å². The second-order valence-electron chi connectivity index (χ2n) is 1.60. The van der Waals surface area contributed by atoms with E-state index in [9.17, 15) is 4.39 Å². The lowest BCUT2D eigenvalue weighted by Crippen LogP contribution is -1.83. The van der Waals surface area contributed by atoms with Crippen molar-refractivity contribution >= 4 is 22.6 Å². The summed E-state index contributed by atoms with van der Waals surface area (Å²) >= 11 is 2.14. The summed E-state index contributed by atoms with van der Waals surface area (Å²) in [6, 6.07) is 2.78. The van der Waals surface area contributed by atoms with Crippen molar-refractivity contribution in [2.75, 3.05) is 0 Å². The molecule has 0 fully saturated rings. The largest absolute Gasteiger partial charge is 0.260 e. The van der Waals surface area contributed by atoms with E-state index < -0.39 is 0 Å². The fraction of sp³-hybridized carbons (Fsp3) is 0.167. The van der Waals surface area contributed by atoms with Crippen LogP contribution in [0.1, 0.15) is 5.69 Å². The molecule has 0 bridgehead atoms. The summed E-state index contributed by atoms with van der Waals surface area (Å²) in [5.74, 6) is -0.211. The van der Waals surface area contributed by atoms with Gasteiger partial charge in [-0.05, 0) is 12.1 Å². The summed E-state index contributed by atoms with van der Waals surface area (Å²) in [5, 5.41) is 0. The normalized spacial score (nSPS) is 9.56. The van der Waals surface area contributed by atoms with Crippen LogP contribution in [0.3, 0.4) is 0 Å². The second kappa shape index (κ2) is 3.10. The molecule has 0 atom stereocenters. The van der Waals surface area contributed by atoms with Gasteiger partial charge in [0.05, 0.1) is 5.69 Å². The van der Waals surface area contributed by atoms with Gasteiger partial charge in [0.15, 0.2) is 0 Å². The number of alkyl halides is 1. The topological polar surface area (TPSA) is 12.9 Å². The van der Waals surface area contributed by atoms with Gasteiger partial charge in [-0.1, -0.05) is 22.6 Å².